The van der Waals surface area contributed by atoms with Crippen molar-refractivity contribution >= 4 is 29.2 Å². The quantitative estimate of drug-likeness (QED) is 0.368. The van der Waals surface area contributed by atoms with Gasteiger partial charge in [0.1, 0.15) is 6.54 Å². The highest BCUT2D eigenvalue weighted by molar-refractivity contribution is 6.30. The maximum Gasteiger partial charge on any atom is 0.348 e. The van der Waals surface area contributed by atoms with Gasteiger partial charge in [-0.2, -0.15) is 5.10 Å². The minimum Gasteiger partial charge on any atom is -0.368 e. The smallest absolute Gasteiger partial charge is 0.348 e. The van der Waals surface area contributed by atoms with Gasteiger partial charge in [0.2, 0.25) is 11.9 Å². The Bertz CT molecular complexity index is 1500. The van der Waals surface area contributed by atoms with Gasteiger partial charge in [-0.3, -0.25) is 9.36 Å². The predicted molar refractivity (Wildman–Crippen MR) is 157 cm³/mol. The number of rotatable bonds is 10. The van der Waals surface area contributed by atoms with E-state index in [9.17, 15) is 9.59 Å². The zero-order valence-corrected chi connectivity index (χ0v) is 23.2. The maximum atomic E-state index is 13.5. The molecule has 0 saturated carbocycles. The summed E-state index contributed by atoms with van der Waals surface area (Å²) < 4.78 is 2.62. The topological polar surface area (TPSA) is 98.5 Å². The largest absolute Gasteiger partial charge is 0.368 e. The van der Waals surface area contributed by atoms with Gasteiger partial charge in [-0.05, 0) is 54.7 Å². The molecule has 0 spiro atoms. The lowest BCUT2D eigenvalue weighted by molar-refractivity contribution is -0.118. The maximum absolute atomic E-state index is 13.5. The van der Waals surface area contributed by atoms with Crippen LogP contribution in [-0.2, 0) is 17.8 Å². The summed E-state index contributed by atoms with van der Waals surface area (Å²) in [4.78, 5) is 25.5. The van der Waals surface area contributed by atoms with Gasteiger partial charge >= 0.3 is 5.69 Å². The normalized spacial score (nSPS) is 16.3. The number of hydrogen-bond donors (Lipinski definition) is 1. The lowest BCUT2D eigenvalue weighted by Crippen LogP contribution is -2.33. The summed E-state index contributed by atoms with van der Waals surface area (Å²) in [5, 5.41) is 11.8. The van der Waals surface area contributed by atoms with E-state index in [2.05, 4.69) is 42.9 Å². The molecule has 2 atom stereocenters. The highest BCUT2D eigenvalue weighted by Crippen LogP contribution is 2.29. The molecule has 0 bridgehead atoms. The molecule has 2 N–H and O–H groups in total. The Morgan fingerprint density at radius 3 is 2.49 bits per heavy atom. The average Bonchev–Trinajstić information content (AvgIpc) is 3.50. The van der Waals surface area contributed by atoms with Crippen molar-refractivity contribution in [3.8, 4) is 0 Å². The van der Waals surface area contributed by atoms with Crippen LogP contribution in [0.25, 0.3) is 0 Å². The van der Waals surface area contributed by atoms with E-state index in [4.69, 9.17) is 22.4 Å². The highest BCUT2D eigenvalue weighted by Gasteiger charge is 2.33. The predicted octanol–water partition coefficient (Wildman–Crippen LogP) is 4.88. The lowest BCUT2D eigenvalue weighted by Gasteiger charge is -2.16. The number of hydrogen-bond acceptors (Lipinski definition) is 5. The minimum absolute atomic E-state index is 0.157. The summed E-state index contributed by atoms with van der Waals surface area (Å²) in [6.07, 6.45) is 8.72. The molecule has 9 heteroatoms. The van der Waals surface area contributed by atoms with Gasteiger partial charge in [0, 0.05) is 10.9 Å². The van der Waals surface area contributed by atoms with Gasteiger partial charge in [-0.25, -0.2) is 14.5 Å². The van der Waals surface area contributed by atoms with Crippen LogP contribution in [0.5, 0.6) is 0 Å². The first-order valence-electron chi connectivity index (χ1n) is 12.9. The van der Waals surface area contributed by atoms with Crippen molar-refractivity contribution in [3.63, 3.8) is 0 Å². The van der Waals surface area contributed by atoms with E-state index in [1.165, 1.54) is 14.8 Å². The Morgan fingerprint density at radius 2 is 1.87 bits per heavy atom. The molecule has 0 fully saturated rings. The van der Waals surface area contributed by atoms with Crippen LogP contribution in [0.2, 0.25) is 5.02 Å². The summed E-state index contributed by atoms with van der Waals surface area (Å²) in [6.45, 7) is 10.3. The summed E-state index contributed by atoms with van der Waals surface area (Å²) in [6, 6.07) is 15.1. The zero-order chi connectivity index (χ0) is 28.1. The molecule has 0 radical (unpaired) electrons. The summed E-state index contributed by atoms with van der Waals surface area (Å²) in [5.74, 6) is -0.559. The van der Waals surface area contributed by atoms with Crippen LogP contribution in [0.3, 0.4) is 0 Å². The molecule has 1 amide bonds. The van der Waals surface area contributed by atoms with Crippen molar-refractivity contribution in [2.75, 3.05) is 11.6 Å². The number of carbonyl (C=O) groups is 1. The van der Waals surface area contributed by atoms with Gasteiger partial charge in [-0.1, -0.05) is 85.8 Å². The fourth-order valence-electron chi connectivity index (χ4n) is 4.52. The summed E-state index contributed by atoms with van der Waals surface area (Å²) in [7, 11) is 0. The van der Waals surface area contributed by atoms with Crippen LogP contribution in [0.15, 0.2) is 94.9 Å². The number of benzene rings is 2. The molecule has 4 rings (SSSR count). The molecule has 1 aliphatic heterocycles. The van der Waals surface area contributed by atoms with E-state index in [0.29, 0.717) is 11.6 Å². The van der Waals surface area contributed by atoms with Crippen LogP contribution in [0, 0.1) is 5.92 Å². The second kappa shape index (κ2) is 12.1. The number of allylic oxidation sites excluding steroid dienone is 4. The van der Waals surface area contributed by atoms with Crippen LogP contribution in [-0.4, -0.2) is 32.5 Å². The van der Waals surface area contributed by atoms with Crippen LogP contribution >= 0.6 is 11.6 Å². The van der Waals surface area contributed by atoms with Gasteiger partial charge in [-0.15, -0.1) is 5.10 Å². The molecule has 3 aromatic rings. The molecule has 1 aliphatic rings. The number of aromatic nitrogens is 3. The van der Waals surface area contributed by atoms with E-state index in [0.717, 1.165) is 28.8 Å². The Morgan fingerprint density at radius 1 is 1.18 bits per heavy atom. The zero-order valence-electron chi connectivity index (χ0n) is 22.4. The molecule has 0 saturated heterocycles. The number of halogens is 1. The molecular formula is C30H33ClN6O2. The van der Waals surface area contributed by atoms with E-state index < -0.39 is 17.6 Å². The number of nitrogens with two attached hydrogens (primary N) is 1. The first kappa shape index (κ1) is 27.9. The first-order valence-corrected chi connectivity index (χ1v) is 13.3. The standard InChI is InChI=1S/C30H33ClN6O2/c1-5-7-8-9-20(3)26-18-36(33-28(26)24-12-10-22(6-2)11-13-24)29-34-37(30(39)35(29)19-27(32)38)21(4)23-14-16-25(31)17-15-23/h5,7-17,21,26H,3,6,18-19H2,1-2,4H3,(H2,32,38)/b7-5-,9-8-/t21-,26+/m0/s1. The molecule has 2 aromatic carbocycles. The number of primary amides is 1. The minimum atomic E-state index is -0.647. The third-order valence-corrected chi connectivity index (χ3v) is 7.01. The van der Waals surface area contributed by atoms with Crippen molar-refractivity contribution in [1.82, 2.24) is 14.3 Å². The summed E-state index contributed by atoms with van der Waals surface area (Å²) >= 11 is 6.05. The second-order valence-electron chi connectivity index (χ2n) is 9.44. The number of anilines is 1. The van der Waals surface area contributed by atoms with E-state index >= 15 is 0 Å². The number of nitrogens with zero attached hydrogens (tertiary/aromatic N) is 5. The SMILES string of the molecule is C=C(/C=C\C=C/C)[C@H]1CN(c2nn([C@@H](C)c3ccc(Cl)cc3)c(=O)n2CC(N)=O)N=C1c1ccc(CC)cc1. The molecule has 2 heterocycles. The third kappa shape index (κ3) is 6.12. The van der Waals surface area contributed by atoms with Gasteiger partial charge in [0.25, 0.3) is 0 Å². The average molecular weight is 545 g/mol. The van der Waals surface area contributed by atoms with E-state index in [-0.39, 0.29) is 18.4 Å². The van der Waals surface area contributed by atoms with Crippen LogP contribution in [0.1, 0.15) is 43.5 Å². The number of aryl methyl sites for hydroxylation is 1. The third-order valence-electron chi connectivity index (χ3n) is 6.76. The van der Waals surface area contributed by atoms with Crippen molar-refractivity contribution < 1.29 is 4.79 Å². The van der Waals surface area contributed by atoms with Crippen LogP contribution in [0.4, 0.5) is 5.95 Å². The number of amides is 1. The van der Waals surface area contributed by atoms with E-state index in [1.807, 2.05) is 50.3 Å². The fraction of sp³-hybridized carbons (Fsp3) is 0.267. The highest BCUT2D eigenvalue weighted by atomic mass is 35.5. The molecule has 0 aliphatic carbocycles. The number of carbonyl (C=O) groups excluding carboxylic acids is 1. The Balaban J connectivity index is 1.79. The molecule has 39 heavy (non-hydrogen) atoms. The molecule has 202 valence electrons. The Kier molecular flexibility index (Phi) is 8.66. The van der Waals surface area contributed by atoms with Gasteiger partial charge < -0.3 is 5.73 Å². The fourth-order valence-corrected chi connectivity index (χ4v) is 4.64. The van der Waals surface area contributed by atoms with Crippen molar-refractivity contribution in [2.24, 2.45) is 16.8 Å². The van der Waals surface area contributed by atoms with Gasteiger partial charge in [0.15, 0.2) is 0 Å². The summed E-state index contributed by atoms with van der Waals surface area (Å²) in [5.41, 5.74) is 9.78. The first-order chi connectivity index (χ1) is 18.7. The molecule has 0 unspecified atom stereocenters. The Labute approximate surface area is 233 Å². The molecule has 8 nitrogen and oxygen atoms in total. The lowest BCUT2D eigenvalue weighted by atomic mass is 9.90. The number of hydrazone groups is 1. The van der Waals surface area contributed by atoms with Crippen LogP contribution < -0.4 is 16.4 Å². The Hall–Kier alpha value is -4.17. The van der Waals surface area contributed by atoms with E-state index in [1.54, 1.807) is 17.1 Å². The van der Waals surface area contributed by atoms with Crippen molar-refractivity contribution in [2.45, 2.75) is 39.8 Å². The van der Waals surface area contributed by atoms with Gasteiger partial charge in [0.05, 0.1) is 18.3 Å². The second-order valence-corrected chi connectivity index (χ2v) is 9.87. The van der Waals surface area contributed by atoms with Crippen molar-refractivity contribution in [1.29, 1.82) is 0 Å². The molecule has 1 aromatic heterocycles. The molecular weight excluding hydrogens is 512 g/mol. The van der Waals surface area contributed by atoms with Crippen molar-refractivity contribution in [3.05, 3.63) is 117 Å². The monoisotopic (exact) mass is 544 g/mol.